The van der Waals surface area contributed by atoms with Crippen LogP contribution in [-0.2, 0) is 0 Å². The van der Waals surface area contributed by atoms with Gasteiger partial charge in [0.1, 0.15) is 17.0 Å². The lowest BCUT2D eigenvalue weighted by molar-refractivity contribution is 1.49. The summed E-state index contributed by atoms with van der Waals surface area (Å²) in [5.41, 5.74) is 0.671. The first kappa shape index (κ1) is 9.45. The fourth-order valence-electron chi connectivity index (χ4n) is 1.21. The third-order valence-electron chi connectivity index (χ3n) is 1.86. The lowest BCUT2D eigenvalue weighted by Crippen LogP contribution is -1.79. The van der Waals surface area contributed by atoms with E-state index >= 15 is 0 Å². The van der Waals surface area contributed by atoms with Crippen molar-refractivity contribution >= 4 is 44.0 Å². The van der Waals surface area contributed by atoms with Gasteiger partial charge in [-0.15, -0.1) is 11.3 Å². The Morgan fingerprint density at radius 1 is 1.21 bits per heavy atom. The standard InChI is InChI=1S/C10H3IN2S/c11-9-7(4-12)2-1-6-3-8(5-13)14-10(6)9/h1-3H. The van der Waals surface area contributed by atoms with Gasteiger partial charge in [-0.25, -0.2) is 0 Å². The normalized spacial score (nSPS) is 9.64. The first-order chi connectivity index (χ1) is 6.76. The second-order valence-corrected chi connectivity index (χ2v) is 4.81. The van der Waals surface area contributed by atoms with Gasteiger partial charge in [0.25, 0.3) is 0 Å². The van der Waals surface area contributed by atoms with Gasteiger partial charge in [0.05, 0.1) is 10.3 Å². The van der Waals surface area contributed by atoms with E-state index in [0.717, 1.165) is 13.7 Å². The maximum absolute atomic E-state index is 8.83. The third-order valence-corrected chi connectivity index (χ3v) is 4.42. The van der Waals surface area contributed by atoms with Crippen LogP contribution < -0.4 is 0 Å². The molecule has 2 nitrogen and oxygen atoms in total. The maximum atomic E-state index is 8.83. The van der Waals surface area contributed by atoms with Crippen molar-refractivity contribution in [3.8, 4) is 12.1 Å². The zero-order valence-electron chi connectivity index (χ0n) is 6.91. The van der Waals surface area contributed by atoms with Gasteiger partial charge in [0.2, 0.25) is 0 Å². The molecule has 0 radical (unpaired) electrons. The summed E-state index contributed by atoms with van der Waals surface area (Å²) in [6, 6.07) is 9.77. The van der Waals surface area contributed by atoms with Crippen LogP contribution in [-0.4, -0.2) is 0 Å². The van der Waals surface area contributed by atoms with Gasteiger partial charge >= 0.3 is 0 Å². The summed E-state index contributed by atoms with van der Waals surface area (Å²) in [7, 11) is 0. The van der Waals surface area contributed by atoms with Crippen LogP contribution >= 0.6 is 33.9 Å². The van der Waals surface area contributed by atoms with Crippen LogP contribution in [0.1, 0.15) is 10.4 Å². The molecule has 0 saturated carbocycles. The van der Waals surface area contributed by atoms with Crippen molar-refractivity contribution in [1.82, 2.24) is 0 Å². The van der Waals surface area contributed by atoms with Crippen molar-refractivity contribution in [3.05, 3.63) is 32.2 Å². The van der Waals surface area contributed by atoms with E-state index in [9.17, 15) is 0 Å². The van der Waals surface area contributed by atoms with Crippen molar-refractivity contribution in [3.63, 3.8) is 0 Å². The van der Waals surface area contributed by atoms with Gasteiger partial charge < -0.3 is 0 Å². The number of thiophene rings is 1. The molecule has 0 aliphatic rings. The van der Waals surface area contributed by atoms with E-state index in [1.807, 2.05) is 12.1 Å². The van der Waals surface area contributed by atoms with Crippen molar-refractivity contribution in [2.75, 3.05) is 0 Å². The van der Waals surface area contributed by atoms with Crippen LogP contribution in [0.2, 0.25) is 0 Å². The Kier molecular flexibility index (Phi) is 2.40. The molecular weight excluding hydrogens is 307 g/mol. The third kappa shape index (κ3) is 1.37. The van der Waals surface area contributed by atoms with Gasteiger partial charge in [0.15, 0.2) is 0 Å². The topological polar surface area (TPSA) is 47.6 Å². The molecule has 14 heavy (non-hydrogen) atoms. The second kappa shape index (κ2) is 3.56. The molecular formula is C10H3IN2S. The smallest absolute Gasteiger partial charge is 0.110 e. The molecule has 0 amide bonds. The molecule has 0 aliphatic heterocycles. The van der Waals surface area contributed by atoms with Crippen molar-refractivity contribution in [2.45, 2.75) is 0 Å². The molecule has 1 heterocycles. The van der Waals surface area contributed by atoms with E-state index < -0.39 is 0 Å². The molecule has 0 N–H and O–H groups in total. The van der Waals surface area contributed by atoms with Gasteiger partial charge in [-0.3, -0.25) is 0 Å². The summed E-state index contributed by atoms with van der Waals surface area (Å²) >= 11 is 3.58. The average molecular weight is 310 g/mol. The molecule has 4 heteroatoms. The zero-order chi connectivity index (χ0) is 10.1. The Morgan fingerprint density at radius 2 is 2.00 bits per heavy atom. The summed E-state index contributed by atoms with van der Waals surface area (Å²) in [6.45, 7) is 0. The molecule has 1 aromatic heterocycles. The highest BCUT2D eigenvalue weighted by Crippen LogP contribution is 2.31. The van der Waals surface area contributed by atoms with Crippen molar-refractivity contribution < 1.29 is 0 Å². The van der Waals surface area contributed by atoms with E-state index in [-0.39, 0.29) is 0 Å². The first-order valence-electron chi connectivity index (χ1n) is 3.78. The number of benzene rings is 1. The SMILES string of the molecule is N#Cc1cc2ccc(C#N)c(I)c2s1. The van der Waals surface area contributed by atoms with E-state index in [1.54, 1.807) is 6.07 Å². The van der Waals surface area contributed by atoms with Crippen LogP contribution in [0.3, 0.4) is 0 Å². The average Bonchev–Trinajstić information content (AvgIpc) is 2.62. The quantitative estimate of drug-likeness (QED) is 0.701. The van der Waals surface area contributed by atoms with E-state index in [2.05, 4.69) is 34.7 Å². The number of hydrogen-bond acceptors (Lipinski definition) is 3. The Hall–Kier alpha value is -1.11. The van der Waals surface area contributed by atoms with Crippen molar-refractivity contribution in [1.29, 1.82) is 10.5 Å². The summed E-state index contributed by atoms with van der Waals surface area (Å²) < 4.78 is 1.97. The Labute approximate surface area is 98.5 Å². The summed E-state index contributed by atoms with van der Waals surface area (Å²) in [6.07, 6.45) is 0. The molecule has 1 aromatic carbocycles. The van der Waals surface area contributed by atoms with E-state index in [4.69, 9.17) is 10.5 Å². The molecule has 0 atom stereocenters. The minimum Gasteiger partial charge on any atom is -0.192 e. The predicted octanol–water partition coefficient (Wildman–Crippen LogP) is 3.25. The number of nitrogens with zero attached hydrogens (tertiary/aromatic N) is 2. The highest BCUT2D eigenvalue weighted by atomic mass is 127. The molecule has 2 rings (SSSR count). The van der Waals surface area contributed by atoms with Crippen LogP contribution in [0, 0.1) is 26.2 Å². The van der Waals surface area contributed by atoms with Crippen LogP contribution in [0.25, 0.3) is 10.1 Å². The monoisotopic (exact) mass is 310 g/mol. The minimum absolute atomic E-state index is 0.671. The molecule has 66 valence electrons. The Balaban J connectivity index is 2.85. The van der Waals surface area contributed by atoms with Gasteiger partial charge in [-0.05, 0) is 40.1 Å². The minimum atomic E-state index is 0.671. The number of rotatable bonds is 0. The number of nitriles is 2. The molecule has 2 aromatic rings. The first-order valence-corrected chi connectivity index (χ1v) is 5.68. The Bertz CT molecular complexity index is 586. The maximum Gasteiger partial charge on any atom is 0.110 e. The van der Waals surface area contributed by atoms with Crippen LogP contribution in [0.5, 0.6) is 0 Å². The van der Waals surface area contributed by atoms with Crippen LogP contribution in [0.15, 0.2) is 18.2 Å². The van der Waals surface area contributed by atoms with E-state index in [1.165, 1.54) is 11.3 Å². The van der Waals surface area contributed by atoms with E-state index in [0.29, 0.717) is 10.4 Å². The molecule has 0 unspecified atom stereocenters. The van der Waals surface area contributed by atoms with Gasteiger partial charge in [-0.1, -0.05) is 6.07 Å². The Morgan fingerprint density at radius 3 is 2.64 bits per heavy atom. The highest BCUT2D eigenvalue weighted by Gasteiger charge is 2.08. The lowest BCUT2D eigenvalue weighted by atomic mass is 10.2. The fourth-order valence-corrected chi connectivity index (χ4v) is 3.05. The lowest BCUT2D eigenvalue weighted by Gasteiger charge is -1.95. The number of fused-ring (bicyclic) bond motifs is 1. The van der Waals surface area contributed by atoms with Crippen molar-refractivity contribution in [2.24, 2.45) is 0 Å². The predicted molar refractivity (Wildman–Crippen MR) is 64.0 cm³/mol. The summed E-state index contributed by atoms with van der Waals surface area (Å²) in [5, 5.41) is 18.6. The largest absolute Gasteiger partial charge is 0.192 e. The fraction of sp³-hybridized carbons (Fsp3) is 0. The summed E-state index contributed by atoms with van der Waals surface area (Å²) in [4.78, 5) is 0.688. The number of hydrogen-bond donors (Lipinski definition) is 0. The summed E-state index contributed by atoms with van der Waals surface area (Å²) in [5.74, 6) is 0. The molecule has 0 saturated heterocycles. The van der Waals surface area contributed by atoms with Gasteiger partial charge in [-0.2, -0.15) is 10.5 Å². The van der Waals surface area contributed by atoms with Gasteiger partial charge in [0, 0.05) is 3.57 Å². The molecule has 0 fully saturated rings. The molecule has 0 bridgehead atoms. The molecule has 0 aliphatic carbocycles. The highest BCUT2D eigenvalue weighted by molar-refractivity contribution is 14.1. The number of halogens is 1. The zero-order valence-corrected chi connectivity index (χ0v) is 9.89. The second-order valence-electron chi connectivity index (χ2n) is 2.68. The van der Waals surface area contributed by atoms with Crippen LogP contribution in [0.4, 0.5) is 0 Å². The molecule has 0 spiro atoms.